The Kier molecular flexibility index (Phi) is 2.37. The van der Waals surface area contributed by atoms with E-state index in [9.17, 15) is 0 Å². The fourth-order valence-electron chi connectivity index (χ4n) is 2.11. The zero-order valence-electron chi connectivity index (χ0n) is 9.60. The van der Waals surface area contributed by atoms with Gasteiger partial charge in [-0.25, -0.2) is 0 Å². The van der Waals surface area contributed by atoms with E-state index in [0.29, 0.717) is 0 Å². The molecule has 1 nitrogen and oxygen atoms in total. The lowest BCUT2D eigenvalue weighted by molar-refractivity contribution is 1.62. The van der Waals surface area contributed by atoms with E-state index in [-0.39, 0.29) is 0 Å². The molecule has 0 aliphatic carbocycles. The number of nitrogens with two attached hydrogens (primary N) is 1. The first-order valence-corrected chi connectivity index (χ1v) is 6.41. The molecule has 0 radical (unpaired) electrons. The molecule has 0 saturated heterocycles. The molecule has 0 unspecified atom stereocenters. The second-order valence-corrected chi connectivity index (χ2v) is 5.48. The third-order valence-electron chi connectivity index (χ3n) is 2.94. The maximum atomic E-state index is 6.04. The summed E-state index contributed by atoms with van der Waals surface area (Å²) in [6, 6.07) is 17.0. The summed E-state index contributed by atoms with van der Waals surface area (Å²) in [4.78, 5) is 1.26. The number of rotatable bonds is 1. The van der Waals surface area contributed by atoms with Gasteiger partial charge in [0, 0.05) is 10.4 Å². The first kappa shape index (κ1) is 10.4. The minimum Gasteiger partial charge on any atom is -0.390 e. The molecule has 0 saturated carbocycles. The molecule has 0 bridgehead atoms. The molecule has 0 aliphatic heterocycles. The molecule has 84 valence electrons. The summed E-state index contributed by atoms with van der Waals surface area (Å²) >= 11 is 1.65. The molecule has 0 fully saturated rings. The zero-order valence-corrected chi connectivity index (χ0v) is 10.4. The summed E-state index contributed by atoms with van der Waals surface area (Å²) in [7, 11) is 0. The SMILES string of the molecule is Cc1cc(-c2ccc3ccccc3c2)c(N)s1. The Labute approximate surface area is 105 Å². The van der Waals surface area contributed by atoms with Crippen LogP contribution in [0.15, 0.2) is 48.5 Å². The predicted molar refractivity (Wildman–Crippen MR) is 76.4 cm³/mol. The van der Waals surface area contributed by atoms with Crippen LogP contribution in [0.5, 0.6) is 0 Å². The average molecular weight is 239 g/mol. The van der Waals surface area contributed by atoms with Gasteiger partial charge in [-0.15, -0.1) is 11.3 Å². The number of hydrogen-bond acceptors (Lipinski definition) is 2. The molecular formula is C15H13NS. The van der Waals surface area contributed by atoms with Gasteiger partial charge in [-0.2, -0.15) is 0 Å². The summed E-state index contributed by atoms with van der Waals surface area (Å²) < 4.78 is 0. The summed E-state index contributed by atoms with van der Waals surface area (Å²) in [6.45, 7) is 2.09. The summed E-state index contributed by atoms with van der Waals surface area (Å²) in [5.41, 5.74) is 8.39. The highest BCUT2D eigenvalue weighted by Crippen LogP contribution is 2.34. The van der Waals surface area contributed by atoms with Crippen molar-refractivity contribution >= 4 is 27.1 Å². The average Bonchev–Trinajstić information content (AvgIpc) is 2.68. The molecule has 1 heterocycles. The van der Waals surface area contributed by atoms with Gasteiger partial charge in [0.15, 0.2) is 0 Å². The van der Waals surface area contributed by atoms with E-state index in [4.69, 9.17) is 5.73 Å². The van der Waals surface area contributed by atoms with Crippen molar-refractivity contribution in [2.45, 2.75) is 6.92 Å². The first-order chi connectivity index (χ1) is 8.24. The smallest absolute Gasteiger partial charge is 0.0938 e. The quantitative estimate of drug-likeness (QED) is 0.666. The molecule has 2 heteroatoms. The van der Waals surface area contributed by atoms with Crippen LogP contribution in [0, 0.1) is 6.92 Å². The number of nitrogen functional groups attached to an aromatic ring is 1. The van der Waals surface area contributed by atoms with Gasteiger partial charge >= 0.3 is 0 Å². The van der Waals surface area contributed by atoms with Crippen LogP contribution in [0.3, 0.4) is 0 Å². The maximum absolute atomic E-state index is 6.04. The van der Waals surface area contributed by atoms with E-state index in [1.54, 1.807) is 11.3 Å². The summed E-state index contributed by atoms with van der Waals surface area (Å²) in [5, 5.41) is 3.42. The molecule has 0 atom stereocenters. The molecule has 3 aromatic rings. The highest BCUT2D eigenvalue weighted by atomic mass is 32.1. The molecule has 0 amide bonds. The highest BCUT2D eigenvalue weighted by Gasteiger charge is 2.06. The van der Waals surface area contributed by atoms with Gasteiger partial charge in [-0.1, -0.05) is 36.4 Å². The minimum atomic E-state index is 0.901. The van der Waals surface area contributed by atoms with E-state index in [1.165, 1.54) is 21.2 Å². The Morgan fingerprint density at radius 3 is 2.41 bits per heavy atom. The van der Waals surface area contributed by atoms with Crippen molar-refractivity contribution in [2.24, 2.45) is 0 Å². The summed E-state index contributed by atoms with van der Waals surface area (Å²) in [5.74, 6) is 0. The van der Waals surface area contributed by atoms with Crippen LogP contribution >= 0.6 is 11.3 Å². The number of fused-ring (bicyclic) bond motifs is 1. The van der Waals surface area contributed by atoms with Crippen LogP contribution in [0.1, 0.15) is 4.88 Å². The van der Waals surface area contributed by atoms with Crippen molar-refractivity contribution < 1.29 is 0 Å². The van der Waals surface area contributed by atoms with Gasteiger partial charge in [-0.3, -0.25) is 0 Å². The van der Waals surface area contributed by atoms with E-state index >= 15 is 0 Å². The number of benzene rings is 2. The van der Waals surface area contributed by atoms with Crippen molar-refractivity contribution in [2.75, 3.05) is 5.73 Å². The molecule has 0 aliphatic rings. The van der Waals surface area contributed by atoms with Crippen molar-refractivity contribution in [1.82, 2.24) is 0 Å². The Balaban J connectivity index is 2.21. The van der Waals surface area contributed by atoms with Crippen LogP contribution < -0.4 is 5.73 Å². The highest BCUT2D eigenvalue weighted by molar-refractivity contribution is 7.16. The van der Waals surface area contributed by atoms with Crippen LogP contribution in [0.25, 0.3) is 21.9 Å². The number of thiophene rings is 1. The standard InChI is InChI=1S/C15H13NS/c1-10-8-14(15(16)17-10)13-7-6-11-4-2-3-5-12(11)9-13/h2-9H,16H2,1H3. The number of hydrogen-bond donors (Lipinski definition) is 1. The third-order valence-corrected chi connectivity index (χ3v) is 3.82. The summed E-state index contributed by atoms with van der Waals surface area (Å²) in [6.07, 6.45) is 0. The van der Waals surface area contributed by atoms with E-state index < -0.39 is 0 Å². The second-order valence-electron chi connectivity index (χ2n) is 4.20. The lowest BCUT2D eigenvalue weighted by atomic mass is 10.0. The maximum Gasteiger partial charge on any atom is 0.0938 e. The monoisotopic (exact) mass is 239 g/mol. The van der Waals surface area contributed by atoms with Gasteiger partial charge in [0.05, 0.1) is 5.00 Å². The molecule has 2 aromatic carbocycles. The van der Waals surface area contributed by atoms with Gasteiger partial charge in [0.25, 0.3) is 0 Å². The van der Waals surface area contributed by atoms with Crippen LogP contribution in [-0.4, -0.2) is 0 Å². The fourth-order valence-corrected chi connectivity index (χ4v) is 2.93. The molecule has 17 heavy (non-hydrogen) atoms. The Bertz CT molecular complexity index is 682. The van der Waals surface area contributed by atoms with Crippen LogP contribution in [0.2, 0.25) is 0 Å². The number of anilines is 1. The lowest BCUT2D eigenvalue weighted by Crippen LogP contribution is -1.83. The number of aryl methyl sites for hydroxylation is 1. The van der Waals surface area contributed by atoms with E-state index in [0.717, 1.165) is 10.6 Å². The predicted octanol–water partition coefficient (Wildman–Crippen LogP) is 4.46. The van der Waals surface area contributed by atoms with Crippen LogP contribution in [0.4, 0.5) is 5.00 Å². The van der Waals surface area contributed by atoms with E-state index in [1.807, 2.05) is 0 Å². The molecule has 3 rings (SSSR count). The van der Waals surface area contributed by atoms with Crippen molar-refractivity contribution in [3.8, 4) is 11.1 Å². The van der Waals surface area contributed by atoms with E-state index in [2.05, 4.69) is 55.5 Å². The third kappa shape index (κ3) is 1.81. The molecular weight excluding hydrogens is 226 g/mol. The molecule has 2 N–H and O–H groups in total. The fraction of sp³-hybridized carbons (Fsp3) is 0.0667. The van der Waals surface area contributed by atoms with Crippen molar-refractivity contribution in [3.05, 3.63) is 53.4 Å². The Morgan fingerprint density at radius 1 is 0.941 bits per heavy atom. The second kappa shape index (κ2) is 3.90. The normalized spacial score (nSPS) is 10.9. The topological polar surface area (TPSA) is 26.0 Å². The van der Waals surface area contributed by atoms with Gasteiger partial charge in [0.2, 0.25) is 0 Å². The van der Waals surface area contributed by atoms with Crippen molar-refractivity contribution in [1.29, 1.82) is 0 Å². The molecule has 1 aromatic heterocycles. The van der Waals surface area contributed by atoms with Gasteiger partial charge < -0.3 is 5.73 Å². The first-order valence-electron chi connectivity index (χ1n) is 5.59. The van der Waals surface area contributed by atoms with Gasteiger partial charge in [-0.05, 0) is 35.4 Å². The van der Waals surface area contributed by atoms with Gasteiger partial charge in [0.1, 0.15) is 0 Å². The Morgan fingerprint density at radius 2 is 1.71 bits per heavy atom. The van der Waals surface area contributed by atoms with Crippen LogP contribution in [-0.2, 0) is 0 Å². The zero-order chi connectivity index (χ0) is 11.8. The lowest BCUT2D eigenvalue weighted by Gasteiger charge is -2.03. The van der Waals surface area contributed by atoms with Crippen molar-refractivity contribution in [3.63, 3.8) is 0 Å². The minimum absolute atomic E-state index is 0.901. The largest absolute Gasteiger partial charge is 0.390 e. The Hall–Kier alpha value is -1.80. The molecule has 0 spiro atoms.